The SMILES string of the molecule is CCCNC(=O)CCNS(=O)(=O)/C=C/c1ccccc1. The van der Waals surface area contributed by atoms with Gasteiger partial charge in [-0.15, -0.1) is 0 Å². The van der Waals surface area contributed by atoms with Crippen LogP contribution in [-0.2, 0) is 14.8 Å². The Kier molecular flexibility index (Phi) is 6.97. The third-order valence-electron chi connectivity index (χ3n) is 2.47. The number of carbonyl (C=O) groups excluding carboxylic acids is 1. The number of amides is 1. The number of hydrogen-bond donors (Lipinski definition) is 2. The van der Waals surface area contributed by atoms with E-state index in [0.29, 0.717) is 6.54 Å². The van der Waals surface area contributed by atoms with Crippen LogP contribution in [0.4, 0.5) is 0 Å². The summed E-state index contributed by atoms with van der Waals surface area (Å²) in [4.78, 5) is 11.3. The van der Waals surface area contributed by atoms with Gasteiger partial charge in [0.2, 0.25) is 15.9 Å². The van der Waals surface area contributed by atoms with Gasteiger partial charge in [-0.1, -0.05) is 37.3 Å². The van der Waals surface area contributed by atoms with E-state index in [1.54, 1.807) is 0 Å². The Balaban J connectivity index is 2.39. The molecule has 0 unspecified atom stereocenters. The Morgan fingerprint density at radius 3 is 2.55 bits per heavy atom. The number of carbonyl (C=O) groups is 1. The molecule has 0 saturated carbocycles. The first kappa shape index (κ1) is 16.4. The molecule has 0 bridgehead atoms. The molecule has 110 valence electrons. The summed E-state index contributed by atoms with van der Waals surface area (Å²) in [7, 11) is -3.51. The smallest absolute Gasteiger partial charge is 0.233 e. The Morgan fingerprint density at radius 1 is 1.20 bits per heavy atom. The highest BCUT2D eigenvalue weighted by atomic mass is 32.2. The van der Waals surface area contributed by atoms with Crippen molar-refractivity contribution < 1.29 is 13.2 Å². The summed E-state index contributed by atoms with van der Waals surface area (Å²) in [6.45, 7) is 2.66. The second-order valence-corrected chi connectivity index (χ2v) is 5.90. The van der Waals surface area contributed by atoms with Gasteiger partial charge in [-0.3, -0.25) is 4.79 Å². The van der Waals surface area contributed by atoms with Crippen LogP contribution in [0.15, 0.2) is 35.7 Å². The minimum Gasteiger partial charge on any atom is -0.356 e. The van der Waals surface area contributed by atoms with Gasteiger partial charge in [0.25, 0.3) is 0 Å². The van der Waals surface area contributed by atoms with Crippen molar-refractivity contribution in [3.05, 3.63) is 41.3 Å². The van der Waals surface area contributed by atoms with Crippen LogP contribution >= 0.6 is 0 Å². The molecule has 1 aromatic rings. The summed E-state index contributed by atoms with van der Waals surface area (Å²) >= 11 is 0. The van der Waals surface area contributed by atoms with Crippen LogP contribution in [0.1, 0.15) is 25.3 Å². The molecule has 6 heteroatoms. The summed E-state index contributed by atoms with van der Waals surface area (Å²) in [5, 5.41) is 3.79. The van der Waals surface area contributed by atoms with Crippen LogP contribution in [0.3, 0.4) is 0 Å². The Bertz CT molecular complexity index is 539. The number of benzene rings is 1. The zero-order valence-electron chi connectivity index (χ0n) is 11.5. The van der Waals surface area contributed by atoms with Gasteiger partial charge in [-0.05, 0) is 18.1 Å². The van der Waals surface area contributed by atoms with E-state index in [0.717, 1.165) is 17.4 Å². The van der Waals surface area contributed by atoms with E-state index in [1.807, 2.05) is 37.3 Å². The van der Waals surface area contributed by atoms with Gasteiger partial charge in [0.05, 0.1) is 0 Å². The minimum absolute atomic E-state index is 0.0943. The van der Waals surface area contributed by atoms with E-state index >= 15 is 0 Å². The molecule has 0 heterocycles. The molecule has 20 heavy (non-hydrogen) atoms. The summed E-state index contributed by atoms with van der Waals surface area (Å²) in [5.41, 5.74) is 0.804. The molecule has 2 N–H and O–H groups in total. The van der Waals surface area contributed by atoms with Crippen LogP contribution in [0.2, 0.25) is 0 Å². The molecule has 5 nitrogen and oxygen atoms in total. The first-order chi connectivity index (χ1) is 9.53. The summed E-state index contributed by atoms with van der Waals surface area (Å²) in [6, 6.07) is 9.14. The zero-order chi connectivity index (χ0) is 14.8. The van der Waals surface area contributed by atoms with E-state index in [4.69, 9.17) is 0 Å². The quantitative estimate of drug-likeness (QED) is 0.763. The monoisotopic (exact) mass is 296 g/mol. The lowest BCUT2D eigenvalue weighted by atomic mass is 10.2. The predicted octanol–water partition coefficient (Wildman–Crippen LogP) is 1.49. The molecule has 0 atom stereocenters. The number of hydrogen-bond acceptors (Lipinski definition) is 3. The standard InChI is InChI=1S/C14H20N2O3S/c1-2-10-15-14(17)8-11-16-20(18,19)12-9-13-6-4-3-5-7-13/h3-7,9,12,16H,2,8,10-11H2,1H3,(H,15,17)/b12-9+. The lowest BCUT2D eigenvalue weighted by Gasteiger charge is -2.04. The summed E-state index contributed by atoms with van der Waals surface area (Å²) < 4.78 is 25.7. The Labute approximate surface area is 120 Å². The summed E-state index contributed by atoms with van der Waals surface area (Å²) in [6.07, 6.45) is 2.51. The van der Waals surface area contributed by atoms with Crippen molar-refractivity contribution in [2.45, 2.75) is 19.8 Å². The van der Waals surface area contributed by atoms with Gasteiger partial charge in [0, 0.05) is 24.9 Å². The maximum Gasteiger partial charge on any atom is 0.233 e. The lowest BCUT2D eigenvalue weighted by molar-refractivity contribution is -0.120. The van der Waals surface area contributed by atoms with Gasteiger partial charge < -0.3 is 5.32 Å². The van der Waals surface area contributed by atoms with Gasteiger partial charge in [0.1, 0.15) is 0 Å². The fourth-order valence-corrected chi connectivity index (χ4v) is 2.26. The molecular formula is C14H20N2O3S. The van der Waals surface area contributed by atoms with Crippen molar-refractivity contribution in [3.63, 3.8) is 0 Å². The van der Waals surface area contributed by atoms with Crippen molar-refractivity contribution in [3.8, 4) is 0 Å². The van der Waals surface area contributed by atoms with E-state index in [9.17, 15) is 13.2 Å². The topological polar surface area (TPSA) is 75.3 Å². The maximum atomic E-state index is 11.7. The first-order valence-electron chi connectivity index (χ1n) is 6.53. The molecule has 0 aliphatic heterocycles. The largest absolute Gasteiger partial charge is 0.356 e. The van der Waals surface area contributed by atoms with Crippen LogP contribution < -0.4 is 10.0 Å². The maximum absolute atomic E-state index is 11.7. The fraction of sp³-hybridized carbons (Fsp3) is 0.357. The molecule has 0 aromatic heterocycles. The average Bonchev–Trinajstić information content (AvgIpc) is 2.44. The Hall–Kier alpha value is -1.66. The molecule has 0 fully saturated rings. The number of sulfonamides is 1. The second-order valence-electron chi connectivity index (χ2n) is 4.25. The molecule has 0 aliphatic rings. The van der Waals surface area contributed by atoms with Crippen LogP contribution in [-0.4, -0.2) is 27.4 Å². The third-order valence-corrected chi connectivity index (χ3v) is 3.57. The van der Waals surface area contributed by atoms with Crippen molar-refractivity contribution >= 4 is 22.0 Å². The van der Waals surface area contributed by atoms with Gasteiger partial charge >= 0.3 is 0 Å². The highest BCUT2D eigenvalue weighted by Crippen LogP contribution is 2.02. The second kappa shape index (κ2) is 8.50. The van der Waals surface area contributed by atoms with Crippen molar-refractivity contribution in [2.24, 2.45) is 0 Å². The number of rotatable bonds is 8. The normalized spacial score (nSPS) is 11.7. The molecule has 0 saturated heterocycles. The molecule has 0 radical (unpaired) electrons. The highest BCUT2D eigenvalue weighted by Gasteiger charge is 2.06. The van der Waals surface area contributed by atoms with Crippen LogP contribution in [0, 0.1) is 0 Å². The number of nitrogens with one attached hydrogen (secondary N) is 2. The molecule has 1 rings (SSSR count). The van der Waals surface area contributed by atoms with E-state index in [1.165, 1.54) is 6.08 Å². The van der Waals surface area contributed by atoms with Crippen LogP contribution in [0.25, 0.3) is 6.08 Å². The van der Waals surface area contributed by atoms with Gasteiger partial charge in [0.15, 0.2) is 0 Å². The minimum atomic E-state index is -3.51. The first-order valence-corrected chi connectivity index (χ1v) is 8.07. The molecule has 0 aliphatic carbocycles. The third kappa shape index (κ3) is 7.06. The molecule has 1 aromatic carbocycles. The van der Waals surface area contributed by atoms with Gasteiger partial charge in [-0.25, -0.2) is 13.1 Å². The van der Waals surface area contributed by atoms with Gasteiger partial charge in [-0.2, -0.15) is 0 Å². The average molecular weight is 296 g/mol. The van der Waals surface area contributed by atoms with E-state index in [-0.39, 0.29) is 18.9 Å². The molecule has 1 amide bonds. The zero-order valence-corrected chi connectivity index (χ0v) is 12.3. The Morgan fingerprint density at radius 2 is 1.90 bits per heavy atom. The highest BCUT2D eigenvalue weighted by molar-refractivity contribution is 7.92. The van der Waals surface area contributed by atoms with E-state index in [2.05, 4.69) is 10.0 Å². The molecular weight excluding hydrogens is 276 g/mol. The van der Waals surface area contributed by atoms with Crippen molar-refractivity contribution in [2.75, 3.05) is 13.1 Å². The predicted molar refractivity (Wildman–Crippen MR) is 80.3 cm³/mol. The van der Waals surface area contributed by atoms with Crippen LogP contribution in [0.5, 0.6) is 0 Å². The fourth-order valence-electron chi connectivity index (χ4n) is 1.44. The lowest BCUT2D eigenvalue weighted by Crippen LogP contribution is -2.30. The summed E-state index contributed by atoms with van der Waals surface area (Å²) in [5.74, 6) is -0.151. The van der Waals surface area contributed by atoms with Crippen molar-refractivity contribution in [1.82, 2.24) is 10.0 Å². The van der Waals surface area contributed by atoms with E-state index < -0.39 is 10.0 Å². The molecule has 0 spiro atoms. The van der Waals surface area contributed by atoms with Crippen molar-refractivity contribution in [1.29, 1.82) is 0 Å².